The van der Waals surface area contributed by atoms with Crippen LogP contribution in [0.1, 0.15) is 24.5 Å². The zero-order valence-corrected chi connectivity index (χ0v) is 13.6. The van der Waals surface area contributed by atoms with Gasteiger partial charge in [-0.2, -0.15) is 0 Å². The molecule has 0 amide bonds. The maximum atomic E-state index is 9.40. The van der Waals surface area contributed by atoms with Crippen LogP contribution in [0.3, 0.4) is 0 Å². The van der Waals surface area contributed by atoms with Crippen molar-refractivity contribution in [2.75, 3.05) is 6.61 Å². The minimum absolute atomic E-state index is 0.0537. The van der Waals surface area contributed by atoms with Gasteiger partial charge in [0.15, 0.2) is 0 Å². The molecule has 0 aliphatic carbocycles. The number of benzene rings is 2. The highest BCUT2D eigenvalue weighted by molar-refractivity contribution is 9.10. The van der Waals surface area contributed by atoms with Crippen LogP contribution in [-0.4, -0.2) is 11.7 Å². The van der Waals surface area contributed by atoms with Crippen molar-refractivity contribution in [2.45, 2.75) is 26.6 Å². The van der Waals surface area contributed by atoms with E-state index in [9.17, 15) is 5.11 Å². The first-order valence-electron chi connectivity index (χ1n) is 6.96. The van der Waals surface area contributed by atoms with E-state index in [1.807, 2.05) is 42.5 Å². The fraction of sp³-hybridized carbons (Fsp3) is 0.294. The van der Waals surface area contributed by atoms with Gasteiger partial charge in [-0.15, -0.1) is 0 Å². The number of hydrogen-bond donors (Lipinski definition) is 1. The Balaban J connectivity index is 2.09. The monoisotopic (exact) mass is 350 g/mol. The fourth-order valence-electron chi connectivity index (χ4n) is 1.90. The Labute approximate surface area is 133 Å². The van der Waals surface area contributed by atoms with Crippen molar-refractivity contribution in [3.05, 3.63) is 58.1 Å². The van der Waals surface area contributed by atoms with Crippen molar-refractivity contribution in [3.63, 3.8) is 0 Å². The summed E-state index contributed by atoms with van der Waals surface area (Å²) < 4.78 is 12.4. The second kappa shape index (κ2) is 8.05. The molecule has 2 aromatic carbocycles. The van der Waals surface area contributed by atoms with Crippen LogP contribution in [-0.2, 0) is 13.2 Å². The zero-order valence-electron chi connectivity index (χ0n) is 12.0. The molecule has 1 N–H and O–H groups in total. The minimum Gasteiger partial charge on any atom is -0.493 e. The standard InChI is InChI=1S/C17H19BrO3/c1-2-8-20-16-7-6-14(11-19)17(10-16)21-12-13-4-3-5-15(18)9-13/h3-7,9-10,19H,2,8,11-12H2,1H3. The van der Waals surface area contributed by atoms with Gasteiger partial charge in [-0.25, -0.2) is 0 Å². The van der Waals surface area contributed by atoms with Gasteiger partial charge in [0.1, 0.15) is 18.1 Å². The van der Waals surface area contributed by atoms with Crippen molar-refractivity contribution >= 4 is 15.9 Å². The number of aliphatic hydroxyl groups is 1. The van der Waals surface area contributed by atoms with Gasteiger partial charge in [-0.05, 0) is 36.2 Å². The van der Waals surface area contributed by atoms with E-state index in [2.05, 4.69) is 22.9 Å². The molecule has 0 radical (unpaired) electrons. The summed E-state index contributed by atoms with van der Waals surface area (Å²) in [4.78, 5) is 0. The zero-order chi connectivity index (χ0) is 15.1. The molecule has 0 saturated heterocycles. The number of hydrogen-bond acceptors (Lipinski definition) is 3. The predicted octanol–water partition coefficient (Wildman–Crippen LogP) is 4.31. The van der Waals surface area contributed by atoms with E-state index in [1.54, 1.807) is 0 Å². The average molecular weight is 351 g/mol. The molecule has 0 bridgehead atoms. The summed E-state index contributed by atoms with van der Waals surface area (Å²) in [6.07, 6.45) is 0.954. The van der Waals surface area contributed by atoms with Crippen molar-refractivity contribution in [3.8, 4) is 11.5 Å². The number of halogens is 1. The Morgan fingerprint density at radius 1 is 1.10 bits per heavy atom. The predicted molar refractivity (Wildman–Crippen MR) is 86.6 cm³/mol. The Kier molecular flexibility index (Phi) is 6.08. The molecular formula is C17H19BrO3. The highest BCUT2D eigenvalue weighted by atomic mass is 79.9. The fourth-order valence-corrected chi connectivity index (χ4v) is 2.34. The first-order chi connectivity index (χ1) is 10.2. The van der Waals surface area contributed by atoms with Crippen molar-refractivity contribution in [1.29, 1.82) is 0 Å². The lowest BCUT2D eigenvalue weighted by molar-refractivity contribution is 0.256. The summed E-state index contributed by atoms with van der Waals surface area (Å²) in [6, 6.07) is 13.5. The summed E-state index contributed by atoms with van der Waals surface area (Å²) in [7, 11) is 0. The molecule has 0 heterocycles. The van der Waals surface area contributed by atoms with Crippen molar-refractivity contribution in [1.82, 2.24) is 0 Å². The first-order valence-corrected chi connectivity index (χ1v) is 7.76. The minimum atomic E-state index is -0.0537. The van der Waals surface area contributed by atoms with E-state index < -0.39 is 0 Å². The van der Waals surface area contributed by atoms with E-state index in [0.29, 0.717) is 19.0 Å². The van der Waals surface area contributed by atoms with Crippen LogP contribution in [0, 0.1) is 0 Å². The lowest BCUT2D eigenvalue weighted by Crippen LogP contribution is -2.01. The molecule has 0 fully saturated rings. The van der Waals surface area contributed by atoms with Crippen LogP contribution in [0.2, 0.25) is 0 Å². The molecule has 0 aliphatic heterocycles. The molecule has 0 atom stereocenters. The third-order valence-corrected chi connectivity index (χ3v) is 3.46. The summed E-state index contributed by atoms with van der Waals surface area (Å²) >= 11 is 3.44. The SMILES string of the molecule is CCCOc1ccc(CO)c(OCc2cccc(Br)c2)c1. The Hall–Kier alpha value is -1.52. The lowest BCUT2D eigenvalue weighted by atomic mass is 10.2. The Morgan fingerprint density at radius 2 is 1.95 bits per heavy atom. The molecule has 112 valence electrons. The molecule has 0 spiro atoms. The van der Waals surface area contributed by atoms with Crippen LogP contribution in [0.25, 0.3) is 0 Å². The van der Waals surface area contributed by atoms with Gasteiger partial charge < -0.3 is 14.6 Å². The smallest absolute Gasteiger partial charge is 0.129 e. The number of rotatable bonds is 7. The van der Waals surface area contributed by atoms with Crippen molar-refractivity contribution < 1.29 is 14.6 Å². The molecule has 0 aromatic heterocycles. The average Bonchev–Trinajstić information content (AvgIpc) is 2.51. The number of ether oxygens (including phenoxy) is 2. The maximum Gasteiger partial charge on any atom is 0.129 e. The van der Waals surface area contributed by atoms with Crippen molar-refractivity contribution in [2.24, 2.45) is 0 Å². The lowest BCUT2D eigenvalue weighted by Gasteiger charge is -2.13. The second-order valence-electron chi connectivity index (χ2n) is 4.69. The van der Waals surface area contributed by atoms with Crippen LogP contribution in [0.5, 0.6) is 11.5 Å². The summed E-state index contributed by atoms with van der Waals surface area (Å²) in [5.41, 5.74) is 1.82. The summed E-state index contributed by atoms with van der Waals surface area (Å²) in [5, 5.41) is 9.40. The van der Waals surface area contributed by atoms with E-state index in [4.69, 9.17) is 9.47 Å². The maximum absolute atomic E-state index is 9.40. The van der Waals surface area contributed by atoms with Gasteiger partial charge in [0.05, 0.1) is 13.2 Å². The van der Waals surface area contributed by atoms with Crippen LogP contribution >= 0.6 is 15.9 Å². The molecule has 21 heavy (non-hydrogen) atoms. The summed E-state index contributed by atoms with van der Waals surface area (Å²) in [6.45, 7) is 3.13. The van der Waals surface area contributed by atoms with Gasteiger partial charge in [0.2, 0.25) is 0 Å². The quantitative estimate of drug-likeness (QED) is 0.808. The molecule has 3 nitrogen and oxygen atoms in total. The number of aliphatic hydroxyl groups excluding tert-OH is 1. The van der Waals surface area contributed by atoms with E-state index in [-0.39, 0.29) is 6.61 Å². The van der Waals surface area contributed by atoms with Gasteiger partial charge in [0.25, 0.3) is 0 Å². The topological polar surface area (TPSA) is 38.7 Å². The Morgan fingerprint density at radius 3 is 2.67 bits per heavy atom. The third kappa shape index (κ3) is 4.76. The third-order valence-electron chi connectivity index (χ3n) is 2.97. The molecule has 0 saturated carbocycles. The van der Waals surface area contributed by atoms with Gasteiger partial charge in [0, 0.05) is 16.1 Å². The van der Waals surface area contributed by atoms with Gasteiger partial charge in [-0.3, -0.25) is 0 Å². The van der Waals surface area contributed by atoms with E-state index >= 15 is 0 Å². The van der Waals surface area contributed by atoms with E-state index in [0.717, 1.165) is 27.8 Å². The molecule has 2 aromatic rings. The van der Waals surface area contributed by atoms with Gasteiger partial charge in [-0.1, -0.05) is 35.0 Å². The molecular weight excluding hydrogens is 332 g/mol. The highest BCUT2D eigenvalue weighted by Crippen LogP contribution is 2.26. The summed E-state index contributed by atoms with van der Waals surface area (Å²) in [5.74, 6) is 1.42. The van der Waals surface area contributed by atoms with Crippen LogP contribution < -0.4 is 9.47 Å². The molecule has 2 rings (SSSR count). The Bertz CT molecular complexity index is 584. The first kappa shape index (κ1) is 15.9. The highest BCUT2D eigenvalue weighted by Gasteiger charge is 2.06. The molecule has 4 heteroatoms. The van der Waals surface area contributed by atoms with E-state index in [1.165, 1.54) is 0 Å². The van der Waals surface area contributed by atoms with Crippen LogP contribution in [0.15, 0.2) is 46.9 Å². The van der Waals surface area contributed by atoms with Crippen LogP contribution in [0.4, 0.5) is 0 Å². The normalized spacial score (nSPS) is 10.4. The largest absolute Gasteiger partial charge is 0.493 e. The molecule has 0 aliphatic rings. The molecule has 0 unspecified atom stereocenters. The van der Waals surface area contributed by atoms with Gasteiger partial charge >= 0.3 is 0 Å². The second-order valence-corrected chi connectivity index (χ2v) is 5.61.